The average molecular weight is 615 g/mol. The smallest absolute Gasteiger partial charge is 0.416 e. The molecule has 0 N–H and O–H groups in total. The molecular formula is C27H27F9N2O4. The number of nitrogens with zero attached hydrogens (tertiary/aromatic N) is 2. The van der Waals surface area contributed by atoms with E-state index < -0.39 is 77.2 Å². The topological polar surface area (TPSA) is 59.1 Å². The van der Waals surface area contributed by atoms with E-state index in [1.807, 2.05) is 0 Å². The van der Waals surface area contributed by atoms with Crippen LogP contribution in [0, 0.1) is 0 Å². The number of ether oxygens (including phenoxy) is 2. The van der Waals surface area contributed by atoms with Crippen molar-refractivity contribution >= 4 is 17.9 Å². The van der Waals surface area contributed by atoms with Crippen LogP contribution < -0.4 is 4.90 Å². The standard InChI is InChI=1S/C27H27F9N2O4/c1-14-8-21(19-12-16(25(28,29)30)6-7-20(19)38(14)23(40)42-24(2,3)4)37(22(39)41-5)13-15-9-17(26(31,32)33)11-18(10-15)27(34,35)36/h6-7,9-12,14,21H,8,13H2,1-5H3/t14-,21+/m0/s1. The molecule has 0 aromatic heterocycles. The minimum absolute atomic E-state index is 0.0850. The summed E-state index contributed by atoms with van der Waals surface area (Å²) in [7, 11) is 0.898. The Kier molecular flexibility index (Phi) is 8.77. The minimum atomic E-state index is -5.17. The fourth-order valence-corrected chi connectivity index (χ4v) is 4.62. The van der Waals surface area contributed by atoms with E-state index in [0.717, 1.165) is 23.0 Å². The number of rotatable bonds is 3. The minimum Gasteiger partial charge on any atom is -0.453 e. The summed E-state index contributed by atoms with van der Waals surface area (Å²) < 4.78 is 132. The zero-order valence-electron chi connectivity index (χ0n) is 23.0. The fourth-order valence-electron chi connectivity index (χ4n) is 4.62. The van der Waals surface area contributed by atoms with Gasteiger partial charge < -0.3 is 9.47 Å². The van der Waals surface area contributed by atoms with Crippen molar-refractivity contribution in [2.75, 3.05) is 12.0 Å². The lowest BCUT2D eigenvalue weighted by atomic mass is 9.89. The fraction of sp³-hybridized carbons (Fsp3) is 0.481. The monoisotopic (exact) mass is 614 g/mol. The maximum Gasteiger partial charge on any atom is 0.416 e. The molecule has 15 heteroatoms. The molecule has 3 rings (SSSR count). The van der Waals surface area contributed by atoms with Gasteiger partial charge in [0.05, 0.1) is 35.5 Å². The highest BCUT2D eigenvalue weighted by atomic mass is 19.4. The number of fused-ring (bicyclic) bond motifs is 1. The number of carbonyl (C=O) groups excluding carboxylic acids is 2. The predicted molar refractivity (Wildman–Crippen MR) is 131 cm³/mol. The van der Waals surface area contributed by atoms with E-state index in [-0.39, 0.29) is 23.7 Å². The third-order valence-electron chi connectivity index (χ3n) is 6.35. The average Bonchev–Trinajstić information content (AvgIpc) is 2.83. The Hall–Kier alpha value is -3.65. The number of benzene rings is 2. The quantitative estimate of drug-likeness (QED) is 0.325. The highest BCUT2D eigenvalue weighted by Crippen LogP contribution is 2.45. The van der Waals surface area contributed by atoms with Gasteiger partial charge in [-0.2, -0.15) is 39.5 Å². The van der Waals surface area contributed by atoms with E-state index in [1.54, 1.807) is 20.8 Å². The van der Waals surface area contributed by atoms with Crippen molar-refractivity contribution in [2.24, 2.45) is 0 Å². The van der Waals surface area contributed by atoms with E-state index in [2.05, 4.69) is 0 Å². The van der Waals surface area contributed by atoms with Gasteiger partial charge in [0.25, 0.3) is 0 Å². The molecule has 1 aliphatic rings. The molecule has 0 saturated carbocycles. The van der Waals surface area contributed by atoms with Gasteiger partial charge in [0.1, 0.15) is 5.60 Å². The number of amides is 2. The summed E-state index contributed by atoms with van der Waals surface area (Å²) in [5.41, 5.74) is -6.34. The van der Waals surface area contributed by atoms with Crippen LogP contribution in [0.1, 0.15) is 68.0 Å². The van der Waals surface area contributed by atoms with E-state index in [1.165, 1.54) is 6.92 Å². The summed E-state index contributed by atoms with van der Waals surface area (Å²) in [6.45, 7) is 5.32. The molecule has 0 saturated heterocycles. The Morgan fingerprint density at radius 1 is 0.857 bits per heavy atom. The van der Waals surface area contributed by atoms with Crippen LogP contribution in [0.15, 0.2) is 36.4 Å². The molecule has 232 valence electrons. The lowest BCUT2D eigenvalue weighted by molar-refractivity contribution is -0.143. The van der Waals surface area contributed by atoms with E-state index in [9.17, 15) is 49.1 Å². The maximum atomic E-state index is 13.7. The summed E-state index contributed by atoms with van der Waals surface area (Å²) in [6.07, 6.45) is -17.6. The number of hydrogen-bond acceptors (Lipinski definition) is 4. The molecule has 2 atom stereocenters. The molecule has 1 aliphatic heterocycles. The summed E-state index contributed by atoms with van der Waals surface area (Å²) in [4.78, 5) is 27.8. The van der Waals surface area contributed by atoms with E-state index in [4.69, 9.17) is 9.47 Å². The van der Waals surface area contributed by atoms with Crippen molar-refractivity contribution in [1.82, 2.24) is 4.90 Å². The largest absolute Gasteiger partial charge is 0.453 e. The van der Waals surface area contributed by atoms with E-state index >= 15 is 0 Å². The molecule has 0 fully saturated rings. The Bertz CT molecular complexity index is 1300. The number of halogens is 9. The predicted octanol–water partition coefficient (Wildman–Crippen LogP) is 8.59. The Morgan fingerprint density at radius 2 is 1.38 bits per heavy atom. The molecule has 0 bridgehead atoms. The number of methoxy groups -OCH3 is 1. The Labute approximate surface area is 235 Å². The van der Waals surface area contributed by atoms with Gasteiger partial charge in [-0.1, -0.05) is 0 Å². The molecule has 6 nitrogen and oxygen atoms in total. The normalized spacial score (nSPS) is 17.9. The second-order valence-electron chi connectivity index (χ2n) is 10.7. The lowest BCUT2D eigenvalue weighted by Gasteiger charge is -2.43. The molecule has 0 radical (unpaired) electrons. The Morgan fingerprint density at radius 3 is 1.83 bits per heavy atom. The molecule has 2 aromatic carbocycles. The second-order valence-corrected chi connectivity index (χ2v) is 10.7. The first-order chi connectivity index (χ1) is 19.0. The number of hydrogen-bond donors (Lipinski definition) is 0. The molecule has 2 amide bonds. The molecule has 0 spiro atoms. The SMILES string of the molecule is COC(=O)N(Cc1cc(C(F)(F)F)cc(C(F)(F)F)c1)[C@@H]1C[C@H](C)N(C(=O)OC(C)(C)C)c2ccc(C(F)(F)F)cc21. The van der Waals surface area contributed by atoms with Gasteiger partial charge >= 0.3 is 30.7 Å². The van der Waals surface area contributed by atoms with Crippen molar-refractivity contribution in [3.63, 3.8) is 0 Å². The van der Waals surface area contributed by atoms with Crippen molar-refractivity contribution in [1.29, 1.82) is 0 Å². The van der Waals surface area contributed by atoms with Crippen LogP contribution in [0.3, 0.4) is 0 Å². The maximum absolute atomic E-state index is 13.7. The van der Waals surface area contributed by atoms with Gasteiger partial charge in [-0.3, -0.25) is 9.80 Å². The first-order valence-corrected chi connectivity index (χ1v) is 12.4. The molecule has 0 unspecified atom stereocenters. The molecule has 42 heavy (non-hydrogen) atoms. The van der Waals surface area contributed by atoms with Crippen LogP contribution in [0.25, 0.3) is 0 Å². The first kappa shape index (κ1) is 32.9. The molecule has 1 heterocycles. The van der Waals surface area contributed by atoms with Gasteiger partial charge in [-0.25, -0.2) is 9.59 Å². The number of anilines is 1. The lowest BCUT2D eigenvalue weighted by Crippen LogP contribution is -2.49. The van der Waals surface area contributed by atoms with Crippen LogP contribution >= 0.6 is 0 Å². The summed E-state index contributed by atoms with van der Waals surface area (Å²) in [5, 5.41) is 0. The van der Waals surface area contributed by atoms with Gasteiger partial charge in [-0.15, -0.1) is 0 Å². The Balaban J connectivity index is 2.20. The first-order valence-electron chi connectivity index (χ1n) is 12.4. The van der Waals surface area contributed by atoms with Crippen LogP contribution in [0.5, 0.6) is 0 Å². The van der Waals surface area contributed by atoms with Crippen LogP contribution in [-0.4, -0.2) is 35.8 Å². The van der Waals surface area contributed by atoms with Crippen molar-refractivity contribution in [3.05, 3.63) is 64.2 Å². The summed E-state index contributed by atoms with van der Waals surface area (Å²) in [5.74, 6) is 0. The summed E-state index contributed by atoms with van der Waals surface area (Å²) >= 11 is 0. The van der Waals surface area contributed by atoms with Crippen molar-refractivity contribution in [3.8, 4) is 0 Å². The second kappa shape index (κ2) is 11.2. The number of carbonyl (C=O) groups is 2. The molecule has 2 aromatic rings. The highest BCUT2D eigenvalue weighted by Gasteiger charge is 2.43. The third kappa shape index (κ3) is 7.40. The van der Waals surface area contributed by atoms with Crippen LogP contribution in [-0.2, 0) is 34.5 Å². The van der Waals surface area contributed by atoms with Crippen LogP contribution in [0.4, 0.5) is 54.8 Å². The zero-order chi connectivity index (χ0) is 32.0. The van der Waals surface area contributed by atoms with E-state index in [0.29, 0.717) is 24.3 Å². The van der Waals surface area contributed by atoms with Crippen molar-refractivity contribution < 1.29 is 58.6 Å². The third-order valence-corrected chi connectivity index (χ3v) is 6.35. The van der Waals surface area contributed by atoms with Gasteiger partial charge in [-0.05, 0) is 81.6 Å². The molecular weight excluding hydrogens is 587 g/mol. The summed E-state index contributed by atoms with van der Waals surface area (Å²) in [6, 6.07) is 0.920. The highest BCUT2D eigenvalue weighted by molar-refractivity contribution is 5.90. The van der Waals surface area contributed by atoms with Crippen LogP contribution in [0.2, 0.25) is 0 Å². The van der Waals surface area contributed by atoms with Gasteiger partial charge in [0, 0.05) is 12.6 Å². The van der Waals surface area contributed by atoms with Gasteiger partial charge in [0.15, 0.2) is 0 Å². The zero-order valence-corrected chi connectivity index (χ0v) is 23.0. The molecule has 0 aliphatic carbocycles. The van der Waals surface area contributed by atoms with Crippen molar-refractivity contribution in [2.45, 2.75) is 76.9 Å². The number of alkyl halides is 9. The van der Waals surface area contributed by atoms with Gasteiger partial charge in [0.2, 0.25) is 0 Å².